The molecule has 1 amide bonds. The molecule has 0 aliphatic carbocycles. The number of hydrogen-bond donors (Lipinski definition) is 3. The molecule has 1 saturated heterocycles. The van der Waals surface area contributed by atoms with E-state index in [0.29, 0.717) is 12.8 Å². The SMILES string of the molecule is CCCCCCCCCCCCCCCC(N)=O.CCCCCCCCCCCCCCCCN1CCC(O)[C@H]1C(=O)O. The number of aliphatic hydroxyl groups is 1. The molecule has 4 N–H and O–H groups in total. The average molecular weight is 611 g/mol. The summed E-state index contributed by atoms with van der Waals surface area (Å²) in [6, 6.07) is -0.679. The third-order valence-corrected chi connectivity index (χ3v) is 9.05. The number of likely N-dealkylation sites (tertiary alicyclic amines) is 1. The van der Waals surface area contributed by atoms with E-state index in [1.807, 2.05) is 4.90 Å². The van der Waals surface area contributed by atoms with Crippen LogP contribution < -0.4 is 5.73 Å². The van der Waals surface area contributed by atoms with E-state index in [1.165, 1.54) is 161 Å². The summed E-state index contributed by atoms with van der Waals surface area (Å²) in [6.45, 7) is 6.07. The van der Waals surface area contributed by atoms with Crippen LogP contribution >= 0.6 is 0 Å². The number of carbonyl (C=O) groups is 2. The number of primary amides is 1. The minimum Gasteiger partial charge on any atom is -0.480 e. The van der Waals surface area contributed by atoms with Gasteiger partial charge >= 0.3 is 5.97 Å². The molecular formula is C37H74N2O4. The molecule has 1 aliphatic rings. The van der Waals surface area contributed by atoms with Gasteiger partial charge in [-0.1, -0.05) is 174 Å². The monoisotopic (exact) mass is 611 g/mol. The Labute approximate surface area is 267 Å². The van der Waals surface area contributed by atoms with Crippen molar-refractivity contribution in [3.8, 4) is 0 Å². The first-order chi connectivity index (χ1) is 20.9. The molecule has 0 radical (unpaired) electrons. The number of carbonyl (C=O) groups excluding carboxylic acids is 1. The number of unbranched alkanes of at least 4 members (excludes halogenated alkanes) is 25. The summed E-state index contributed by atoms with van der Waals surface area (Å²) in [5.41, 5.74) is 5.09. The van der Waals surface area contributed by atoms with Crippen molar-refractivity contribution < 1.29 is 19.8 Å². The standard InChI is InChI=1S/C21H41NO3.C16H33NO/c1-2-3-4-5-6-7-8-9-10-11-12-13-14-15-17-22-18-16-19(23)20(22)21(24)25;1-2-3-4-5-6-7-8-9-10-11-12-13-14-15-16(17)18/h19-20,23H,2-18H2,1H3,(H,24,25);2-15H2,1H3,(H2,17,18)/t19?,20-;/m0./s1. The molecule has 43 heavy (non-hydrogen) atoms. The Balaban J connectivity index is 0.000000869. The van der Waals surface area contributed by atoms with E-state index in [9.17, 15) is 14.7 Å². The smallest absolute Gasteiger partial charge is 0.323 e. The van der Waals surface area contributed by atoms with Gasteiger partial charge < -0.3 is 15.9 Å². The summed E-state index contributed by atoms with van der Waals surface area (Å²) < 4.78 is 0. The molecular weight excluding hydrogens is 536 g/mol. The third kappa shape index (κ3) is 28.1. The lowest BCUT2D eigenvalue weighted by atomic mass is 10.0. The molecule has 256 valence electrons. The Morgan fingerprint density at radius 2 is 0.907 bits per heavy atom. The maximum absolute atomic E-state index is 11.2. The van der Waals surface area contributed by atoms with Gasteiger partial charge in [0, 0.05) is 13.0 Å². The second-order valence-corrected chi connectivity index (χ2v) is 13.2. The average Bonchev–Trinajstić information content (AvgIpc) is 3.36. The molecule has 0 aromatic rings. The number of rotatable bonds is 30. The van der Waals surface area contributed by atoms with Gasteiger partial charge in [0.25, 0.3) is 0 Å². The molecule has 0 bridgehead atoms. The minimum atomic E-state index is -0.879. The summed E-state index contributed by atoms with van der Waals surface area (Å²) in [4.78, 5) is 23.6. The number of carboxylic acid groups (broad SMARTS) is 1. The lowest BCUT2D eigenvalue weighted by Crippen LogP contribution is -2.42. The van der Waals surface area contributed by atoms with Gasteiger partial charge in [-0.25, -0.2) is 0 Å². The summed E-state index contributed by atoms with van der Waals surface area (Å²) in [7, 11) is 0. The predicted octanol–water partition coefficient (Wildman–Crippen LogP) is 9.94. The number of carboxylic acids is 1. The van der Waals surface area contributed by atoms with E-state index in [1.54, 1.807) is 0 Å². The van der Waals surface area contributed by atoms with Gasteiger partial charge in [-0.3, -0.25) is 14.5 Å². The normalized spacial score (nSPS) is 16.7. The second-order valence-electron chi connectivity index (χ2n) is 13.2. The van der Waals surface area contributed by atoms with Crippen LogP contribution in [0.25, 0.3) is 0 Å². The van der Waals surface area contributed by atoms with E-state index < -0.39 is 18.1 Å². The fourth-order valence-electron chi connectivity index (χ4n) is 6.24. The summed E-state index contributed by atoms with van der Waals surface area (Å²) in [5, 5.41) is 18.9. The van der Waals surface area contributed by atoms with Crippen LogP contribution in [0.15, 0.2) is 0 Å². The molecule has 1 aliphatic heterocycles. The Kier molecular flexibility index (Phi) is 31.4. The van der Waals surface area contributed by atoms with Crippen LogP contribution in [-0.4, -0.2) is 52.2 Å². The molecule has 1 rings (SSSR count). The van der Waals surface area contributed by atoms with Crippen LogP contribution in [0.1, 0.15) is 200 Å². The first kappa shape index (κ1) is 41.9. The number of amides is 1. The van der Waals surface area contributed by atoms with Gasteiger partial charge in [0.15, 0.2) is 0 Å². The Morgan fingerprint density at radius 1 is 0.581 bits per heavy atom. The number of nitrogens with zero attached hydrogens (tertiary/aromatic N) is 1. The quantitative estimate of drug-likeness (QED) is 0.0702. The van der Waals surface area contributed by atoms with Crippen LogP contribution in [0.4, 0.5) is 0 Å². The van der Waals surface area contributed by atoms with Crippen molar-refractivity contribution in [1.29, 1.82) is 0 Å². The fourth-order valence-corrected chi connectivity index (χ4v) is 6.24. The van der Waals surface area contributed by atoms with Gasteiger partial charge in [-0.05, 0) is 25.8 Å². The highest BCUT2D eigenvalue weighted by molar-refractivity contribution is 5.74. The van der Waals surface area contributed by atoms with E-state index in [-0.39, 0.29) is 5.91 Å². The first-order valence-corrected chi connectivity index (χ1v) is 18.9. The molecule has 1 heterocycles. The Bertz CT molecular complexity index is 615. The second kappa shape index (κ2) is 32.3. The molecule has 0 aromatic heterocycles. The van der Waals surface area contributed by atoms with Gasteiger partial charge in [0.1, 0.15) is 6.04 Å². The number of hydrogen-bond acceptors (Lipinski definition) is 4. The largest absolute Gasteiger partial charge is 0.480 e. The van der Waals surface area contributed by atoms with Crippen molar-refractivity contribution in [2.75, 3.05) is 13.1 Å². The topological polar surface area (TPSA) is 104 Å². The van der Waals surface area contributed by atoms with Crippen molar-refractivity contribution in [2.45, 2.75) is 212 Å². The number of nitrogens with two attached hydrogens (primary N) is 1. The van der Waals surface area contributed by atoms with Gasteiger partial charge in [-0.2, -0.15) is 0 Å². The molecule has 1 unspecified atom stereocenters. The molecule has 6 nitrogen and oxygen atoms in total. The number of aliphatic hydroxyl groups excluding tert-OH is 1. The first-order valence-electron chi connectivity index (χ1n) is 18.9. The van der Waals surface area contributed by atoms with Gasteiger partial charge in [-0.15, -0.1) is 0 Å². The number of aliphatic carboxylic acids is 1. The minimum absolute atomic E-state index is 0.155. The van der Waals surface area contributed by atoms with E-state index in [0.717, 1.165) is 25.9 Å². The Morgan fingerprint density at radius 3 is 1.23 bits per heavy atom. The fraction of sp³-hybridized carbons (Fsp3) is 0.946. The highest BCUT2D eigenvalue weighted by Crippen LogP contribution is 2.20. The van der Waals surface area contributed by atoms with Gasteiger partial charge in [0.2, 0.25) is 5.91 Å². The van der Waals surface area contributed by atoms with Crippen molar-refractivity contribution in [2.24, 2.45) is 5.73 Å². The van der Waals surface area contributed by atoms with E-state index in [2.05, 4.69) is 13.8 Å². The lowest BCUT2D eigenvalue weighted by Gasteiger charge is -2.22. The van der Waals surface area contributed by atoms with Gasteiger partial charge in [0.05, 0.1) is 6.10 Å². The van der Waals surface area contributed by atoms with Crippen molar-refractivity contribution >= 4 is 11.9 Å². The highest BCUT2D eigenvalue weighted by Gasteiger charge is 2.37. The highest BCUT2D eigenvalue weighted by atomic mass is 16.4. The molecule has 0 spiro atoms. The van der Waals surface area contributed by atoms with E-state index >= 15 is 0 Å². The molecule has 1 fully saturated rings. The molecule has 0 aromatic carbocycles. The van der Waals surface area contributed by atoms with Crippen molar-refractivity contribution in [3.05, 3.63) is 0 Å². The summed E-state index contributed by atoms with van der Waals surface area (Å²) in [6.07, 6.45) is 36.5. The molecule has 0 saturated carbocycles. The van der Waals surface area contributed by atoms with Crippen molar-refractivity contribution in [3.63, 3.8) is 0 Å². The summed E-state index contributed by atoms with van der Waals surface area (Å²) >= 11 is 0. The van der Waals surface area contributed by atoms with E-state index in [4.69, 9.17) is 10.8 Å². The lowest BCUT2D eigenvalue weighted by molar-refractivity contribution is -0.145. The maximum atomic E-state index is 11.2. The zero-order valence-corrected chi connectivity index (χ0v) is 28.8. The third-order valence-electron chi connectivity index (χ3n) is 9.05. The zero-order valence-electron chi connectivity index (χ0n) is 28.8. The summed E-state index contributed by atoms with van der Waals surface area (Å²) in [5.74, 6) is -1.03. The van der Waals surface area contributed by atoms with Crippen LogP contribution in [0.5, 0.6) is 0 Å². The molecule has 6 heteroatoms. The maximum Gasteiger partial charge on any atom is 0.323 e. The molecule has 2 atom stereocenters. The van der Waals surface area contributed by atoms with Crippen LogP contribution in [0.3, 0.4) is 0 Å². The zero-order chi connectivity index (χ0) is 31.8. The Hall–Kier alpha value is -1.14. The van der Waals surface area contributed by atoms with Crippen LogP contribution in [0.2, 0.25) is 0 Å². The predicted molar refractivity (Wildman–Crippen MR) is 183 cm³/mol. The van der Waals surface area contributed by atoms with Crippen LogP contribution in [-0.2, 0) is 9.59 Å². The van der Waals surface area contributed by atoms with Crippen molar-refractivity contribution in [1.82, 2.24) is 4.90 Å². The van der Waals surface area contributed by atoms with Crippen LogP contribution in [0, 0.1) is 0 Å².